The molecular weight excluding hydrogens is 337 g/mol. The summed E-state index contributed by atoms with van der Waals surface area (Å²) in [5.41, 5.74) is 0.980. The first-order valence-electron chi connectivity index (χ1n) is 8.26. The van der Waals surface area contributed by atoms with Crippen molar-refractivity contribution in [1.82, 2.24) is 10.2 Å². The second kappa shape index (κ2) is 9.53. The number of halogens is 1. The number of carboxylic acids is 1. The molecule has 0 aliphatic carbocycles. The van der Waals surface area contributed by atoms with Crippen molar-refractivity contribution in [3.8, 4) is 0 Å². The molecule has 2 rings (SSSR count). The highest BCUT2D eigenvalue weighted by atomic mass is 19.1. The Morgan fingerprint density at radius 2 is 1.88 bits per heavy atom. The van der Waals surface area contributed by atoms with Gasteiger partial charge in [0.05, 0.1) is 11.3 Å². The van der Waals surface area contributed by atoms with Gasteiger partial charge in [0.25, 0.3) is 0 Å². The lowest BCUT2D eigenvalue weighted by molar-refractivity contribution is 0.0698. The normalized spacial score (nSPS) is 10.6. The number of nitrogens with one attached hydrogen (secondary N) is 2. The summed E-state index contributed by atoms with van der Waals surface area (Å²) in [6.07, 6.45) is 0.728. The van der Waals surface area contributed by atoms with Gasteiger partial charge in [-0.05, 0) is 43.8 Å². The third-order valence-corrected chi connectivity index (χ3v) is 3.76. The van der Waals surface area contributed by atoms with Crippen molar-refractivity contribution >= 4 is 17.7 Å². The standard InChI is InChI=1S/C19H22FN3O3/c1-23(13-14-6-3-2-4-7-14)11-5-10-21-19(26)22-17-12-15(20)8-9-16(17)18(24)25/h2-4,6-9,12H,5,10-11,13H2,1H3,(H,24,25)(H2,21,22,26). The van der Waals surface area contributed by atoms with Gasteiger partial charge in [-0.25, -0.2) is 14.0 Å². The van der Waals surface area contributed by atoms with Gasteiger partial charge in [-0.15, -0.1) is 0 Å². The molecule has 0 saturated carbocycles. The number of amides is 2. The van der Waals surface area contributed by atoms with E-state index in [-0.39, 0.29) is 11.3 Å². The number of carboxylic acid groups (broad SMARTS) is 1. The summed E-state index contributed by atoms with van der Waals surface area (Å²) in [7, 11) is 2.00. The topological polar surface area (TPSA) is 81.7 Å². The maximum Gasteiger partial charge on any atom is 0.337 e. The zero-order valence-corrected chi connectivity index (χ0v) is 14.5. The molecular formula is C19H22FN3O3. The number of benzene rings is 2. The predicted molar refractivity (Wildman–Crippen MR) is 97.8 cm³/mol. The van der Waals surface area contributed by atoms with Crippen LogP contribution < -0.4 is 10.6 Å². The van der Waals surface area contributed by atoms with Gasteiger partial charge < -0.3 is 20.6 Å². The Morgan fingerprint density at radius 1 is 1.15 bits per heavy atom. The first-order chi connectivity index (χ1) is 12.5. The summed E-state index contributed by atoms with van der Waals surface area (Å²) in [6.45, 7) is 2.02. The van der Waals surface area contributed by atoms with Crippen molar-refractivity contribution in [3.05, 3.63) is 65.5 Å². The van der Waals surface area contributed by atoms with Crippen molar-refractivity contribution in [2.45, 2.75) is 13.0 Å². The van der Waals surface area contributed by atoms with E-state index in [4.69, 9.17) is 5.11 Å². The minimum atomic E-state index is -1.23. The van der Waals surface area contributed by atoms with Crippen LogP contribution in [0.5, 0.6) is 0 Å². The van der Waals surface area contributed by atoms with Crippen LogP contribution in [0.4, 0.5) is 14.9 Å². The average molecular weight is 359 g/mol. The van der Waals surface area contributed by atoms with Crippen LogP contribution >= 0.6 is 0 Å². The number of nitrogens with zero attached hydrogens (tertiary/aromatic N) is 1. The van der Waals surface area contributed by atoms with E-state index in [1.54, 1.807) is 0 Å². The van der Waals surface area contributed by atoms with E-state index in [2.05, 4.69) is 27.7 Å². The van der Waals surface area contributed by atoms with Crippen LogP contribution in [0.2, 0.25) is 0 Å². The minimum absolute atomic E-state index is 0.0730. The Morgan fingerprint density at radius 3 is 2.58 bits per heavy atom. The van der Waals surface area contributed by atoms with E-state index in [1.165, 1.54) is 5.56 Å². The number of hydrogen-bond acceptors (Lipinski definition) is 3. The van der Waals surface area contributed by atoms with Crippen LogP contribution in [0.1, 0.15) is 22.3 Å². The number of hydrogen-bond donors (Lipinski definition) is 3. The quantitative estimate of drug-likeness (QED) is 0.633. The summed E-state index contributed by atoms with van der Waals surface area (Å²) in [5, 5.41) is 14.1. The van der Waals surface area contributed by atoms with Gasteiger partial charge >= 0.3 is 12.0 Å². The van der Waals surface area contributed by atoms with Crippen LogP contribution in [0, 0.1) is 5.82 Å². The number of carbonyl (C=O) groups excluding carboxylic acids is 1. The third-order valence-electron chi connectivity index (χ3n) is 3.76. The highest BCUT2D eigenvalue weighted by Gasteiger charge is 2.13. The molecule has 0 bridgehead atoms. The van der Waals surface area contributed by atoms with Crippen LogP contribution in [0.3, 0.4) is 0 Å². The van der Waals surface area contributed by atoms with E-state index >= 15 is 0 Å². The number of rotatable bonds is 8. The molecule has 0 aromatic heterocycles. The molecule has 7 heteroatoms. The Balaban J connectivity index is 1.74. The number of urea groups is 1. The van der Waals surface area contributed by atoms with Crippen LogP contribution in [0.25, 0.3) is 0 Å². The second-order valence-electron chi connectivity index (χ2n) is 5.95. The Hall–Kier alpha value is -2.93. The van der Waals surface area contributed by atoms with Gasteiger partial charge in [0.2, 0.25) is 0 Å². The van der Waals surface area contributed by atoms with E-state index in [0.717, 1.165) is 37.7 Å². The van der Waals surface area contributed by atoms with Crippen LogP contribution in [-0.4, -0.2) is 42.1 Å². The second-order valence-corrected chi connectivity index (χ2v) is 5.95. The summed E-state index contributed by atoms with van der Waals surface area (Å²) in [6, 6.07) is 12.6. The summed E-state index contributed by atoms with van der Waals surface area (Å²) in [5.74, 6) is -1.85. The van der Waals surface area contributed by atoms with Gasteiger partial charge in [-0.2, -0.15) is 0 Å². The summed E-state index contributed by atoms with van der Waals surface area (Å²) < 4.78 is 13.3. The molecule has 2 aromatic rings. The molecule has 0 heterocycles. The molecule has 0 aliphatic heterocycles. The molecule has 2 amide bonds. The van der Waals surface area contributed by atoms with Gasteiger partial charge in [0.15, 0.2) is 0 Å². The average Bonchev–Trinajstić information content (AvgIpc) is 2.59. The number of carbonyl (C=O) groups is 2. The molecule has 0 atom stereocenters. The highest BCUT2D eigenvalue weighted by molar-refractivity contribution is 5.99. The van der Waals surface area contributed by atoms with Crippen molar-refractivity contribution in [3.63, 3.8) is 0 Å². The zero-order valence-electron chi connectivity index (χ0n) is 14.5. The molecule has 2 aromatic carbocycles. The summed E-state index contributed by atoms with van der Waals surface area (Å²) >= 11 is 0. The molecule has 6 nitrogen and oxygen atoms in total. The monoisotopic (exact) mass is 359 g/mol. The Kier molecular flexibility index (Phi) is 7.11. The molecule has 0 spiro atoms. The van der Waals surface area contributed by atoms with Gasteiger partial charge in [-0.1, -0.05) is 30.3 Å². The molecule has 0 fully saturated rings. The zero-order chi connectivity index (χ0) is 18.9. The van der Waals surface area contributed by atoms with E-state index in [1.807, 2.05) is 25.2 Å². The van der Waals surface area contributed by atoms with Crippen LogP contribution in [-0.2, 0) is 6.54 Å². The largest absolute Gasteiger partial charge is 0.478 e. The maximum atomic E-state index is 13.3. The maximum absolute atomic E-state index is 13.3. The fourth-order valence-electron chi connectivity index (χ4n) is 2.50. The van der Waals surface area contributed by atoms with Gasteiger partial charge in [0.1, 0.15) is 5.82 Å². The summed E-state index contributed by atoms with van der Waals surface area (Å²) in [4.78, 5) is 25.1. The molecule has 0 saturated heterocycles. The first-order valence-corrected chi connectivity index (χ1v) is 8.26. The van der Waals surface area contributed by atoms with Crippen molar-refractivity contribution in [2.75, 3.05) is 25.5 Å². The lowest BCUT2D eigenvalue weighted by Crippen LogP contribution is -2.32. The van der Waals surface area contributed by atoms with E-state index in [0.29, 0.717) is 6.54 Å². The molecule has 0 radical (unpaired) electrons. The molecule has 0 aliphatic rings. The fourth-order valence-corrected chi connectivity index (χ4v) is 2.50. The predicted octanol–water partition coefficient (Wildman–Crippen LogP) is 3.17. The molecule has 26 heavy (non-hydrogen) atoms. The van der Waals surface area contributed by atoms with E-state index in [9.17, 15) is 14.0 Å². The molecule has 138 valence electrons. The van der Waals surface area contributed by atoms with E-state index < -0.39 is 17.8 Å². The van der Waals surface area contributed by atoms with Crippen molar-refractivity contribution in [2.24, 2.45) is 0 Å². The first kappa shape index (κ1) is 19.4. The Bertz CT molecular complexity index is 753. The SMILES string of the molecule is CN(CCCNC(=O)Nc1cc(F)ccc1C(=O)O)Cc1ccccc1. The highest BCUT2D eigenvalue weighted by Crippen LogP contribution is 2.17. The van der Waals surface area contributed by atoms with Gasteiger partial charge in [0, 0.05) is 13.1 Å². The lowest BCUT2D eigenvalue weighted by Gasteiger charge is -2.17. The van der Waals surface area contributed by atoms with Crippen molar-refractivity contribution < 1.29 is 19.1 Å². The molecule has 0 unspecified atom stereocenters. The number of aromatic carboxylic acids is 1. The van der Waals surface area contributed by atoms with Gasteiger partial charge in [-0.3, -0.25) is 0 Å². The fraction of sp³-hybridized carbons (Fsp3) is 0.263. The smallest absolute Gasteiger partial charge is 0.337 e. The third kappa shape index (κ3) is 6.18. The van der Waals surface area contributed by atoms with Crippen LogP contribution in [0.15, 0.2) is 48.5 Å². The minimum Gasteiger partial charge on any atom is -0.478 e. The number of anilines is 1. The molecule has 3 N–H and O–H groups in total. The lowest BCUT2D eigenvalue weighted by atomic mass is 10.2. The Labute approximate surface area is 151 Å². The van der Waals surface area contributed by atoms with Crippen molar-refractivity contribution in [1.29, 1.82) is 0 Å².